The standard InChI is InChI=1S/C22H25ClN4S/c1-27(2)14-4-13-24-22-19-15-17(23)8-11-20(19)25-21(26-22)12-7-16-5-9-18(28-3)10-6-16/h5-12,15H,4,13-14H2,1-3H3,(H,24,25,26)/b12-7+. The fourth-order valence-electron chi connectivity index (χ4n) is 2.82. The molecule has 0 atom stereocenters. The molecule has 0 unspecified atom stereocenters. The highest BCUT2D eigenvalue weighted by Crippen LogP contribution is 2.25. The van der Waals surface area contributed by atoms with Gasteiger partial charge in [-0.25, -0.2) is 9.97 Å². The molecule has 146 valence electrons. The number of thioether (sulfide) groups is 1. The van der Waals surface area contributed by atoms with Crippen LogP contribution < -0.4 is 5.32 Å². The average molecular weight is 413 g/mol. The third kappa shape index (κ3) is 5.71. The van der Waals surface area contributed by atoms with Crippen LogP contribution >= 0.6 is 23.4 Å². The van der Waals surface area contributed by atoms with E-state index in [4.69, 9.17) is 16.6 Å². The summed E-state index contributed by atoms with van der Waals surface area (Å²) >= 11 is 7.93. The molecule has 0 bridgehead atoms. The van der Waals surface area contributed by atoms with Crippen molar-refractivity contribution in [1.82, 2.24) is 14.9 Å². The summed E-state index contributed by atoms with van der Waals surface area (Å²) in [6.07, 6.45) is 7.10. The molecular weight excluding hydrogens is 388 g/mol. The molecule has 0 amide bonds. The molecule has 0 saturated carbocycles. The van der Waals surface area contributed by atoms with Crippen molar-refractivity contribution in [3.05, 3.63) is 58.9 Å². The molecule has 4 nitrogen and oxygen atoms in total. The first-order chi connectivity index (χ1) is 13.5. The normalized spacial score (nSPS) is 11.6. The maximum atomic E-state index is 6.19. The number of fused-ring (bicyclic) bond motifs is 1. The lowest BCUT2D eigenvalue weighted by Crippen LogP contribution is -2.17. The molecule has 28 heavy (non-hydrogen) atoms. The number of nitrogens with zero attached hydrogens (tertiary/aromatic N) is 3. The van der Waals surface area contributed by atoms with Gasteiger partial charge in [-0.15, -0.1) is 11.8 Å². The summed E-state index contributed by atoms with van der Waals surface area (Å²) in [5.41, 5.74) is 2.00. The van der Waals surface area contributed by atoms with E-state index in [2.05, 4.69) is 59.8 Å². The quantitative estimate of drug-likeness (QED) is 0.388. The lowest BCUT2D eigenvalue weighted by molar-refractivity contribution is 0.405. The number of benzene rings is 2. The third-order valence-electron chi connectivity index (χ3n) is 4.29. The number of aromatic nitrogens is 2. The summed E-state index contributed by atoms with van der Waals surface area (Å²) in [5.74, 6) is 1.50. The van der Waals surface area contributed by atoms with Gasteiger partial charge in [0.1, 0.15) is 5.82 Å². The molecular formula is C22H25ClN4S. The molecule has 0 spiro atoms. The first-order valence-corrected chi connectivity index (χ1v) is 10.8. The minimum atomic E-state index is 0.680. The number of halogens is 1. The Bertz CT molecular complexity index is 955. The minimum absolute atomic E-state index is 0.680. The lowest BCUT2D eigenvalue weighted by atomic mass is 10.2. The Morgan fingerprint density at radius 3 is 2.57 bits per heavy atom. The lowest BCUT2D eigenvalue weighted by Gasteiger charge is -2.12. The van der Waals surface area contributed by atoms with E-state index < -0.39 is 0 Å². The molecule has 6 heteroatoms. The number of nitrogens with one attached hydrogen (secondary N) is 1. The van der Waals surface area contributed by atoms with E-state index in [0.717, 1.165) is 41.8 Å². The highest BCUT2D eigenvalue weighted by molar-refractivity contribution is 7.98. The monoisotopic (exact) mass is 412 g/mol. The van der Waals surface area contributed by atoms with Crippen molar-refractivity contribution in [3.63, 3.8) is 0 Å². The van der Waals surface area contributed by atoms with Crippen LogP contribution in [0, 0.1) is 0 Å². The Balaban J connectivity index is 1.85. The van der Waals surface area contributed by atoms with Crippen LogP contribution in [-0.4, -0.2) is 48.3 Å². The summed E-state index contributed by atoms with van der Waals surface area (Å²) < 4.78 is 0. The molecule has 2 aromatic carbocycles. The van der Waals surface area contributed by atoms with E-state index in [1.807, 2.05) is 30.4 Å². The van der Waals surface area contributed by atoms with Gasteiger partial charge < -0.3 is 10.2 Å². The van der Waals surface area contributed by atoms with E-state index in [-0.39, 0.29) is 0 Å². The molecule has 1 N–H and O–H groups in total. The van der Waals surface area contributed by atoms with Gasteiger partial charge in [0.2, 0.25) is 0 Å². The van der Waals surface area contributed by atoms with Gasteiger partial charge in [0.25, 0.3) is 0 Å². The highest BCUT2D eigenvalue weighted by atomic mass is 35.5. The molecule has 0 aliphatic carbocycles. The number of rotatable bonds is 8. The first kappa shape index (κ1) is 20.6. The summed E-state index contributed by atoms with van der Waals surface area (Å²) in [6.45, 7) is 1.87. The van der Waals surface area contributed by atoms with E-state index in [1.54, 1.807) is 11.8 Å². The second kappa shape index (κ2) is 9.92. The van der Waals surface area contributed by atoms with E-state index in [1.165, 1.54) is 4.90 Å². The van der Waals surface area contributed by atoms with Crippen LogP contribution in [0.2, 0.25) is 5.02 Å². The summed E-state index contributed by atoms with van der Waals surface area (Å²) in [4.78, 5) is 12.8. The van der Waals surface area contributed by atoms with Crippen molar-refractivity contribution in [2.24, 2.45) is 0 Å². The molecule has 1 heterocycles. The Morgan fingerprint density at radius 2 is 1.86 bits per heavy atom. The molecule has 0 aliphatic rings. The first-order valence-electron chi connectivity index (χ1n) is 9.23. The fourth-order valence-corrected chi connectivity index (χ4v) is 3.40. The highest BCUT2D eigenvalue weighted by Gasteiger charge is 2.07. The Morgan fingerprint density at radius 1 is 1.07 bits per heavy atom. The molecule has 0 saturated heterocycles. The Labute approximate surface area is 176 Å². The SMILES string of the molecule is CSc1ccc(/C=C/c2nc(NCCCN(C)C)c3cc(Cl)ccc3n2)cc1. The van der Waals surface area contributed by atoms with Gasteiger partial charge in [-0.05, 0) is 75.3 Å². The van der Waals surface area contributed by atoms with Gasteiger partial charge in [0, 0.05) is 21.8 Å². The van der Waals surface area contributed by atoms with Gasteiger partial charge in [-0.2, -0.15) is 0 Å². The number of hydrogen-bond donors (Lipinski definition) is 1. The molecule has 0 radical (unpaired) electrons. The van der Waals surface area contributed by atoms with Crippen LogP contribution in [0.15, 0.2) is 47.4 Å². The van der Waals surface area contributed by atoms with E-state index >= 15 is 0 Å². The van der Waals surface area contributed by atoms with Crippen molar-refractivity contribution in [1.29, 1.82) is 0 Å². The van der Waals surface area contributed by atoms with Crippen molar-refractivity contribution in [2.45, 2.75) is 11.3 Å². The zero-order valence-electron chi connectivity index (χ0n) is 16.4. The van der Waals surface area contributed by atoms with Gasteiger partial charge in [-0.1, -0.05) is 29.8 Å². The van der Waals surface area contributed by atoms with Crippen molar-refractivity contribution >= 4 is 52.2 Å². The predicted molar refractivity (Wildman–Crippen MR) is 123 cm³/mol. The Kier molecular flexibility index (Phi) is 7.31. The molecule has 3 aromatic rings. The smallest absolute Gasteiger partial charge is 0.154 e. The van der Waals surface area contributed by atoms with Crippen LogP contribution in [0.1, 0.15) is 17.8 Å². The average Bonchev–Trinajstić information content (AvgIpc) is 2.70. The van der Waals surface area contributed by atoms with Crippen molar-refractivity contribution in [3.8, 4) is 0 Å². The fraction of sp³-hybridized carbons (Fsp3) is 0.273. The minimum Gasteiger partial charge on any atom is -0.369 e. The van der Waals surface area contributed by atoms with Crippen LogP contribution in [0.3, 0.4) is 0 Å². The molecule has 0 fully saturated rings. The summed E-state index contributed by atoms with van der Waals surface area (Å²) in [6, 6.07) is 14.2. The van der Waals surface area contributed by atoms with Crippen LogP contribution in [0.5, 0.6) is 0 Å². The summed E-state index contributed by atoms with van der Waals surface area (Å²) in [7, 11) is 4.16. The van der Waals surface area contributed by atoms with Crippen molar-refractivity contribution in [2.75, 3.05) is 38.8 Å². The second-order valence-corrected chi connectivity index (χ2v) is 8.10. The topological polar surface area (TPSA) is 41.1 Å². The van der Waals surface area contributed by atoms with Crippen LogP contribution in [0.25, 0.3) is 23.1 Å². The van der Waals surface area contributed by atoms with E-state index in [0.29, 0.717) is 10.8 Å². The van der Waals surface area contributed by atoms with Gasteiger partial charge in [-0.3, -0.25) is 0 Å². The third-order valence-corrected chi connectivity index (χ3v) is 5.27. The van der Waals surface area contributed by atoms with Gasteiger partial charge >= 0.3 is 0 Å². The number of anilines is 1. The van der Waals surface area contributed by atoms with E-state index in [9.17, 15) is 0 Å². The molecule has 1 aromatic heterocycles. The Hall–Kier alpha value is -2.08. The zero-order chi connectivity index (χ0) is 19.9. The van der Waals surface area contributed by atoms with Gasteiger partial charge in [0.05, 0.1) is 5.52 Å². The zero-order valence-corrected chi connectivity index (χ0v) is 18.0. The largest absolute Gasteiger partial charge is 0.369 e. The summed E-state index contributed by atoms with van der Waals surface area (Å²) in [5, 5.41) is 5.08. The predicted octanol–water partition coefficient (Wildman–Crippen LogP) is 5.54. The second-order valence-electron chi connectivity index (χ2n) is 6.78. The number of hydrogen-bond acceptors (Lipinski definition) is 5. The van der Waals surface area contributed by atoms with Crippen LogP contribution in [-0.2, 0) is 0 Å². The molecule has 3 rings (SSSR count). The maximum absolute atomic E-state index is 6.19. The van der Waals surface area contributed by atoms with Gasteiger partial charge in [0.15, 0.2) is 5.82 Å². The maximum Gasteiger partial charge on any atom is 0.154 e. The molecule has 0 aliphatic heterocycles. The van der Waals surface area contributed by atoms with Crippen LogP contribution in [0.4, 0.5) is 5.82 Å². The van der Waals surface area contributed by atoms with Crippen molar-refractivity contribution < 1.29 is 0 Å².